The standard InChI is InChI=1S/C20H21N2O9P/c1-12-9-22(20(26)21-19(12)25)16-7-6-15(30-16)11-29-32(27)28-10-14-4-2-3-13(18(14)31-32)5-8-17(23)24/h2-4,6-7,9,15-16H,5,8,10-11H2,1H3,(H,23,24)(H,21,25,26)/t15-,16+,32?/m0/s1. The van der Waals surface area contributed by atoms with Gasteiger partial charge in [0, 0.05) is 23.7 Å². The molecule has 0 aliphatic carbocycles. The van der Waals surface area contributed by atoms with Crippen LogP contribution in [-0.2, 0) is 36.2 Å². The van der Waals surface area contributed by atoms with E-state index in [1.165, 1.54) is 10.8 Å². The lowest BCUT2D eigenvalue weighted by molar-refractivity contribution is -0.136. The lowest BCUT2D eigenvalue weighted by Crippen LogP contribution is -2.33. The van der Waals surface area contributed by atoms with Gasteiger partial charge >= 0.3 is 19.5 Å². The Bertz CT molecular complexity index is 1230. The summed E-state index contributed by atoms with van der Waals surface area (Å²) >= 11 is 0. The summed E-state index contributed by atoms with van der Waals surface area (Å²) in [7, 11) is -3.97. The molecule has 4 rings (SSSR count). The fourth-order valence-electron chi connectivity index (χ4n) is 3.34. The Morgan fingerprint density at radius 3 is 2.94 bits per heavy atom. The van der Waals surface area contributed by atoms with Crippen LogP contribution >= 0.6 is 7.82 Å². The minimum absolute atomic E-state index is 0.0104. The maximum atomic E-state index is 13.0. The van der Waals surface area contributed by atoms with Crippen molar-refractivity contribution in [2.24, 2.45) is 0 Å². The molecular weight excluding hydrogens is 443 g/mol. The molecule has 12 heteroatoms. The number of aryl methyl sites for hydroxylation is 2. The zero-order chi connectivity index (χ0) is 22.9. The number of carboxylic acids is 1. The number of carboxylic acid groups (broad SMARTS) is 1. The van der Waals surface area contributed by atoms with Crippen LogP contribution < -0.4 is 15.8 Å². The molecule has 0 saturated carbocycles. The molecule has 0 amide bonds. The van der Waals surface area contributed by atoms with Gasteiger partial charge in [-0.1, -0.05) is 24.3 Å². The number of benzene rings is 1. The Kier molecular flexibility index (Phi) is 6.16. The van der Waals surface area contributed by atoms with E-state index in [1.807, 2.05) is 0 Å². The third-order valence-corrected chi connectivity index (χ3v) is 6.31. The maximum absolute atomic E-state index is 13.0. The lowest BCUT2D eigenvalue weighted by Gasteiger charge is -2.27. The summed E-state index contributed by atoms with van der Waals surface area (Å²) in [5.41, 5.74) is 0.511. The van der Waals surface area contributed by atoms with Crippen molar-refractivity contribution in [1.29, 1.82) is 0 Å². The van der Waals surface area contributed by atoms with Gasteiger partial charge in [-0.3, -0.25) is 28.2 Å². The van der Waals surface area contributed by atoms with Gasteiger partial charge in [0.05, 0.1) is 13.2 Å². The molecule has 32 heavy (non-hydrogen) atoms. The van der Waals surface area contributed by atoms with Gasteiger partial charge in [0.25, 0.3) is 5.56 Å². The van der Waals surface area contributed by atoms with E-state index in [0.29, 0.717) is 22.4 Å². The van der Waals surface area contributed by atoms with Crippen molar-refractivity contribution in [3.05, 3.63) is 74.1 Å². The predicted octanol–water partition coefficient (Wildman–Crippen LogP) is 2.05. The molecule has 0 radical (unpaired) electrons. The maximum Gasteiger partial charge on any atom is 0.530 e. The van der Waals surface area contributed by atoms with Crippen molar-refractivity contribution in [1.82, 2.24) is 9.55 Å². The topological polar surface area (TPSA) is 146 Å². The van der Waals surface area contributed by atoms with Crippen molar-refractivity contribution in [3.8, 4) is 5.75 Å². The summed E-state index contributed by atoms with van der Waals surface area (Å²) in [5, 5.41) is 8.93. The molecule has 3 atom stereocenters. The number of H-pyrrole nitrogens is 1. The number of aromatic nitrogens is 2. The zero-order valence-electron chi connectivity index (χ0n) is 17.1. The van der Waals surface area contributed by atoms with Gasteiger partial charge < -0.3 is 14.4 Å². The molecule has 1 aromatic heterocycles. The molecule has 3 heterocycles. The van der Waals surface area contributed by atoms with Crippen LogP contribution in [0.5, 0.6) is 5.75 Å². The van der Waals surface area contributed by atoms with Crippen LogP contribution in [0.2, 0.25) is 0 Å². The number of para-hydroxylation sites is 1. The number of aliphatic carboxylic acids is 1. The van der Waals surface area contributed by atoms with E-state index in [1.54, 1.807) is 37.3 Å². The first-order chi connectivity index (χ1) is 15.2. The molecule has 2 aromatic rings. The van der Waals surface area contributed by atoms with E-state index >= 15 is 0 Å². The summed E-state index contributed by atoms with van der Waals surface area (Å²) in [4.78, 5) is 36.7. The number of nitrogens with one attached hydrogen (secondary N) is 1. The van der Waals surface area contributed by atoms with Crippen molar-refractivity contribution >= 4 is 13.8 Å². The van der Waals surface area contributed by atoms with E-state index in [0.717, 1.165) is 0 Å². The Labute approximate surface area is 181 Å². The van der Waals surface area contributed by atoms with Crippen molar-refractivity contribution in [3.63, 3.8) is 0 Å². The van der Waals surface area contributed by atoms with Gasteiger partial charge in [-0.2, -0.15) is 0 Å². The largest absolute Gasteiger partial charge is 0.530 e. The minimum atomic E-state index is -3.97. The van der Waals surface area contributed by atoms with Gasteiger partial charge in [-0.15, -0.1) is 0 Å². The SMILES string of the molecule is Cc1cn([C@H]2C=C[C@@H](COP3(=O)OCc4cccc(CCC(=O)O)c4O3)O2)c(=O)[nH]c1=O. The number of fused-ring (bicyclic) bond motifs is 1. The van der Waals surface area contributed by atoms with E-state index in [4.69, 9.17) is 23.4 Å². The van der Waals surface area contributed by atoms with Crippen LogP contribution in [0, 0.1) is 6.92 Å². The molecule has 0 fully saturated rings. The highest BCUT2D eigenvalue weighted by atomic mass is 31.2. The van der Waals surface area contributed by atoms with E-state index in [9.17, 15) is 18.9 Å². The third-order valence-electron chi connectivity index (χ3n) is 4.99. The number of aromatic amines is 1. The molecule has 170 valence electrons. The normalized spacial score (nSPS) is 24.2. The van der Waals surface area contributed by atoms with Gasteiger partial charge in [-0.05, 0) is 25.0 Å². The van der Waals surface area contributed by atoms with Crippen LogP contribution in [0.1, 0.15) is 29.3 Å². The van der Waals surface area contributed by atoms with E-state index < -0.39 is 37.4 Å². The number of nitrogens with zero attached hydrogens (tertiary/aromatic N) is 1. The quantitative estimate of drug-likeness (QED) is 0.464. The Morgan fingerprint density at radius 1 is 1.34 bits per heavy atom. The third kappa shape index (κ3) is 4.76. The van der Waals surface area contributed by atoms with Crippen molar-refractivity contribution < 1.29 is 32.8 Å². The molecule has 2 N–H and O–H groups in total. The number of hydrogen-bond acceptors (Lipinski definition) is 8. The molecule has 1 unspecified atom stereocenters. The monoisotopic (exact) mass is 464 g/mol. The number of rotatable bonds is 7. The fraction of sp³-hybridized carbons (Fsp3) is 0.350. The number of phosphoric ester groups is 1. The number of phosphoric acid groups is 1. The lowest BCUT2D eigenvalue weighted by atomic mass is 10.0. The molecule has 0 saturated heterocycles. The number of hydrogen-bond donors (Lipinski definition) is 2. The second-order valence-corrected chi connectivity index (χ2v) is 8.93. The van der Waals surface area contributed by atoms with Gasteiger partial charge in [0.2, 0.25) is 0 Å². The molecule has 1 aromatic carbocycles. The number of ether oxygens (including phenoxy) is 1. The fourth-order valence-corrected chi connectivity index (χ4v) is 4.60. The second-order valence-electron chi connectivity index (χ2n) is 7.34. The van der Waals surface area contributed by atoms with Gasteiger partial charge in [-0.25, -0.2) is 9.36 Å². The van der Waals surface area contributed by atoms with Crippen LogP contribution in [0.25, 0.3) is 0 Å². The molecule has 0 bridgehead atoms. The molecule has 2 aliphatic rings. The first-order valence-corrected chi connectivity index (χ1v) is 11.3. The minimum Gasteiger partial charge on any atom is -0.481 e. The van der Waals surface area contributed by atoms with Crippen molar-refractivity contribution in [2.75, 3.05) is 6.61 Å². The highest BCUT2D eigenvalue weighted by Gasteiger charge is 2.37. The molecule has 0 spiro atoms. The average Bonchev–Trinajstić information content (AvgIpc) is 3.22. The summed E-state index contributed by atoms with van der Waals surface area (Å²) < 4.78 is 36.2. The first-order valence-electron chi connectivity index (χ1n) is 9.81. The summed E-state index contributed by atoms with van der Waals surface area (Å²) in [6, 6.07) is 5.19. The average molecular weight is 464 g/mol. The van der Waals surface area contributed by atoms with Crippen LogP contribution in [0.3, 0.4) is 0 Å². The van der Waals surface area contributed by atoms with Gasteiger partial charge in [0.1, 0.15) is 11.9 Å². The summed E-state index contributed by atoms with van der Waals surface area (Å²) in [6.07, 6.45) is 3.36. The summed E-state index contributed by atoms with van der Waals surface area (Å²) in [6.45, 7) is 1.39. The van der Waals surface area contributed by atoms with Crippen LogP contribution in [0.4, 0.5) is 0 Å². The summed E-state index contributed by atoms with van der Waals surface area (Å²) in [5.74, 6) is -0.648. The highest BCUT2D eigenvalue weighted by Crippen LogP contribution is 2.55. The highest BCUT2D eigenvalue weighted by molar-refractivity contribution is 7.49. The first kappa shape index (κ1) is 22.2. The van der Waals surface area contributed by atoms with Crippen LogP contribution in [0.15, 0.2) is 46.1 Å². The number of carbonyl (C=O) groups is 1. The molecule has 2 aliphatic heterocycles. The van der Waals surface area contributed by atoms with Gasteiger partial charge in [0.15, 0.2) is 6.23 Å². The Hall–Kier alpha value is -2.98. The van der Waals surface area contributed by atoms with E-state index in [2.05, 4.69) is 4.98 Å². The predicted molar refractivity (Wildman–Crippen MR) is 110 cm³/mol. The molecule has 11 nitrogen and oxygen atoms in total. The Balaban J connectivity index is 1.40. The smallest absolute Gasteiger partial charge is 0.481 e. The van der Waals surface area contributed by atoms with E-state index in [-0.39, 0.29) is 26.1 Å². The van der Waals surface area contributed by atoms with Crippen LogP contribution in [-0.4, -0.2) is 33.3 Å². The second kappa shape index (κ2) is 8.87. The molecular formula is C20H21N2O9P. The Morgan fingerprint density at radius 2 is 2.16 bits per heavy atom. The zero-order valence-corrected chi connectivity index (χ0v) is 17.9. The van der Waals surface area contributed by atoms with Crippen molar-refractivity contribution in [2.45, 2.75) is 38.7 Å².